The normalized spacial score (nSPS) is 13.1. The molecular formula is C30H28N4O7. The fraction of sp³-hybridized carbons (Fsp3) is 0.267. The first-order valence-electron chi connectivity index (χ1n) is 13.0. The van der Waals surface area contributed by atoms with Crippen molar-refractivity contribution in [3.8, 4) is 11.1 Å². The van der Waals surface area contributed by atoms with Crippen LogP contribution in [0.25, 0.3) is 22.0 Å². The molecule has 1 aromatic heterocycles. The summed E-state index contributed by atoms with van der Waals surface area (Å²) >= 11 is 0. The second-order valence-electron chi connectivity index (χ2n) is 10.5. The quantitative estimate of drug-likeness (QED) is 0.268. The smallest absolute Gasteiger partial charge is 0.407 e. The molecule has 4 aromatic rings. The fourth-order valence-electron chi connectivity index (χ4n) is 4.71. The molecule has 210 valence electrons. The third-order valence-electron chi connectivity index (χ3n) is 6.43. The number of hydrogen-bond donors (Lipinski definition) is 1. The minimum absolute atomic E-state index is 0.0102. The van der Waals surface area contributed by atoms with Gasteiger partial charge in [0.25, 0.3) is 0 Å². The molecule has 5 rings (SSSR count). The minimum Gasteiger partial charge on any atom is -0.460 e. The molecule has 11 heteroatoms. The highest BCUT2D eigenvalue weighted by Crippen LogP contribution is 2.44. The van der Waals surface area contributed by atoms with Crippen molar-refractivity contribution in [2.24, 2.45) is 0 Å². The summed E-state index contributed by atoms with van der Waals surface area (Å²) in [6, 6.07) is 20.6. The topological polar surface area (TPSA) is 139 Å². The molecule has 1 N–H and O–H groups in total. The maximum Gasteiger partial charge on any atom is 0.407 e. The van der Waals surface area contributed by atoms with Crippen LogP contribution in [-0.4, -0.2) is 51.4 Å². The van der Waals surface area contributed by atoms with E-state index in [1.165, 1.54) is 6.07 Å². The van der Waals surface area contributed by atoms with Crippen LogP contribution in [0, 0.1) is 0 Å². The molecule has 0 spiro atoms. The van der Waals surface area contributed by atoms with Crippen LogP contribution in [0.1, 0.15) is 44.2 Å². The zero-order valence-corrected chi connectivity index (χ0v) is 22.7. The monoisotopic (exact) mass is 556 g/mol. The molecule has 1 atom stereocenters. The van der Waals surface area contributed by atoms with E-state index in [1.54, 1.807) is 39.0 Å². The molecule has 0 bridgehead atoms. The van der Waals surface area contributed by atoms with Gasteiger partial charge in [0, 0.05) is 5.92 Å². The second kappa shape index (κ2) is 11.2. The van der Waals surface area contributed by atoms with Crippen molar-refractivity contribution in [2.75, 3.05) is 6.61 Å². The lowest BCUT2D eigenvalue weighted by Gasteiger charge is -2.22. The molecule has 1 aliphatic carbocycles. The molecule has 41 heavy (non-hydrogen) atoms. The third kappa shape index (κ3) is 6.08. The van der Waals surface area contributed by atoms with E-state index in [1.807, 2.05) is 48.5 Å². The number of rotatable bonds is 7. The number of aromatic nitrogens is 3. The molecule has 1 heterocycles. The highest BCUT2D eigenvalue weighted by molar-refractivity contribution is 5.87. The van der Waals surface area contributed by atoms with Crippen molar-refractivity contribution >= 4 is 28.9 Å². The number of carbonyl (C=O) groups is 3. The highest BCUT2D eigenvalue weighted by Gasteiger charge is 2.32. The van der Waals surface area contributed by atoms with E-state index in [0.717, 1.165) is 22.3 Å². The van der Waals surface area contributed by atoms with Gasteiger partial charge in [-0.1, -0.05) is 60.7 Å². The summed E-state index contributed by atoms with van der Waals surface area (Å²) in [7, 11) is 0. The van der Waals surface area contributed by atoms with Crippen molar-refractivity contribution in [2.45, 2.75) is 44.8 Å². The van der Waals surface area contributed by atoms with Crippen LogP contribution >= 0.6 is 0 Å². The number of ether oxygens (including phenoxy) is 2. The van der Waals surface area contributed by atoms with Crippen molar-refractivity contribution in [3.63, 3.8) is 0 Å². The first-order valence-corrected chi connectivity index (χ1v) is 13.0. The average molecular weight is 557 g/mol. The third-order valence-corrected chi connectivity index (χ3v) is 6.43. The van der Waals surface area contributed by atoms with E-state index in [0.29, 0.717) is 10.4 Å². The van der Waals surface area contributed by atoms with Gasteiger partial charge in [0.1, 0.15) is 23.8 Å². The van der Waals surface area contributed by atoms with Crippen LogP contribution in [0.4, 0.5) is 4.79 Å². The molecule has 3 aromatic carbocycles. The van der Waals surface area contributed by atoms with Gasteiger partial charge in [-0.3, -0.25) is 9.59 Å². The summed E-state index contributed by atoms with van der Waals surface area (Å²) in [4.78, 5) is 56.9. The predicted molar refractivity (Wildman–Crippen MR) is 148 cm³/mol. The van der Waals surface area contributed by atoms with Gasteiger partial charge in [0.05, 0.1) is 11.8 Å². The molecule has 0 unspecified atom stereocenters. The van der Waals surface area contributed by atoms with Gasteiger partial charge in [-0.15, -0.1) is 5.10 Å². The maximum atomic E-state index is 13.1. The number of fused-ring (bicyclic) bond motifs is 4. The van der Waals surface area contributed by atoms with Crippen LogP contribution in [0.15, 0.2) is 77.6 Å². The number of nitrogens with zero attached hydrogens (tertiary/aromatic N) is 3. The van der Waals surface area contributed by atoms with E-state index in [2.05, 4.69) is 15.6 Å². The lowest BCUT2D eigenvalue weighted by molar-refractivity contribution is -0.160. The van der Waals surface area contributed by atoms with Crippen molar-refractivity contribution in [1.82, 2.24) is 20.5 Å². The van der Waals surface area contributed by atoms with Crippen LogP contribution < -0.4 is 15.7 Å². The largest absolute Gasteiger partial charge is 0.460 e. The molecule has 0 fully saturated rings. The van der Waals surface area contributed by atoms with Crippen LogP contribution in [0.3, 0.4) is 0 Å². The zero-order valence-electron chi connectivity index (χ0n) is 22.7. The van der Waals surface area contributed by atoms with Crippen molar-refractivity contribution in [1.29, 1.82) is 0 Å². The standard InChI is InChI=1S/C30H28N4O7/c1-30(2,3)40-26(35)16-25(28(37)41-34-27(36)22-14-8-9-15-24(22)32-33-34)31-29(38)39-17-23-20-12-6-4-10-18(20)19-11-5-7-13-21(19)23/h4-15,23,25H,16-17H2,1-3H3,(H,31,38)/t25-/m0/s1. The summed E-state index contributed by atoms with van der Waals surface area (Å²) in [5.74, 6) is -2.11. The van der Waals surface area contributed by atoms with Crippen molar-refractivity contribution in [3.05, 3.63) is 94.3 Å². The van der Waals surface area contributed by atoms with E-state index in [4.69, 9.17) is 14.3 Å². The number of amides is 1. The molecule has 1 amide bonds. The van der Waals surface area contributed by atoms with Crippen LogP contribution in [0.2, 0.25) is 0 Å². The summed E-state index contributed by atoms with van der Waals surface area (Å²) < 4.78 is 10.8. The van der Waals surface area contributed by atoms with Crippen LogP contribution in [-0.2, 0) is 19.1 Å². The van der Waals surface area contributed by atoms with Gasteiger partial charge in [0.15, 0.2) is 0 Å². The van der Waals surface area contributed by atoms with Gasteiger partial charge in [-0.05, 0) is 65.2 Å². The first-order chi connectivity index (χ1) is 19.6. The number of alkyl carbamates (subject to hydrolysis) is 1. The lowest BCUT2D eigenvalue weighted by Crippen LogP contribution is -2.48. The number of benzene rings is 3. The fourth-order valence-corrected chi connectivity index (χ4v) is 4.71. The second-order valence-corrected chi connectivity index (χ2v) is 10.5. The molecule has 0 saturated heterocycles. The zero-order chi connectivity index (χ0) is 29.1. The Bertz CT molecular complexity index is 1650. The molecule has 11 nitrogen and oxygen atoms in total. The maximum absolute atomic E-state index is 13.1. The SMILES string of the molecule is CC(C)(C)OC(=O)C[C@H](NC(=O)OCC1c2ccccc2-c2ccccc21)C(=O)On1nnc2ccccc2c1=O. The number of hydrogen-bond acceptors (Lipinski definition) is 9. The molecular weight excluding hydrogens is 528 g/mol. The number of nitrogens with one attached hydrogen (secondary N) is 1. The van der Waals surface area contributed by atoms with Gasteiger partial charge < -0.3 is 19.6 Å². The Morgan fingerprint density at radius 3 is 2.20 bits per heavy atom. The summed E-state index contributed by atoms with van der Waals surface area (Å²) in [6.07, 6.45) is -1.52. The Morgan fingerprint density at radius 2 is 1.54 bits per heavy atom. The molecule has 1 aliphatic rings. The molecule has 0 radical (unpaired) electrons. The van der Waals surface area contributed by atoms with E-state index in [-0.39, 0.29) is 17.9 Å². The number of carbonyl (C=O) groups excluding carboxylic acids is 3. The Kier molecular flexibility index (Phi) is 7.52. The lowest BCUT2D eigenvalue weighted by atomic mass is 9.98. The Balaban J connectivity index is 1.32. The highest BCUT2D eigenvalue weighted by atomic mass is 16.7. The first kappa shape index (κ1) is 27.5. The Morgan fingerprint density at radius 1 is 0.927 bits per heavy atom. The predicted octanol–water partition coefficient (Wildman–Crippen LogP) is 3.39. The molecule has 0 saturated carbocycles. The summed E-state index contributed by atoms with van der Waals surface area (Å²) in [5, 5.41) is 10.0. The minimum atomic E-state index is -1.54. The van der Waals surface area contributed by atoms with Gasteiger partial charge in [0.2, 0.25) is 0 Å². The summed E-state index contributed by atoms with van der Waals surface area (Å²) in [6.45, 7) is 4.99. The van der Waals surface area contributed by atoms with Gasteiger partial charge in [-0.2, -0.15) is 0 Å². The Hall–Kier alpha value is -5.06. The summed E-state index contributed by atoms with van der Waals surface area (Å²) in [5.41, 5.74) is 2.89. The van der Waals surface area contributed by atoms with Gasteiger partial charge >= 0.3 is 23.6 Å². The van der Waals surface area contributed by atoms with E-state index < -0.39 is 41.7 Å². The Labute approximate surface area is 235 Å². The van der Waals surface area contributed by atoms with E-state index >= 15 is 0 Å². The van der Waals surface area contributed by atoms with E-state index in [9.17, 15) is 19.2 Å². The number of esters is 1. The van der Waals surface area contributed by atoms with Gasteiger partial charge in [-0.25, -0.2) is 9.59 Å². The van der Waals surface area contributed by atoms with Crippen LogP contribution in [0.5, 0.6) is 0 Å². The average Bonchev–Trinajstić information content (AvgIpc) is 3.26. The molecule has 0 aliphatic heterocycles. The van der Waals surface area contributed by atoms with Crippen molar-refractivity contribution < 1.29 is 28.7 Å².